The van der Waals surface area contributed by atoms with Gasteiger partial charge < -0.3 is 24.8 Å². The Morgan fingerprint density at radius 3 is 2.28 bits per heavy atom. The minimum absolute atomic E-state index is 0. The molecule has 0 radical (unpaired) electrons. The Morgan fingerprint density at radius 2 is 1.59 bits per heavy atom. The molecule has 0 spiro atoms. The van der Waals surface area contributed by atoms with E-state index in [1.165, 1.54) is 0 Å². The van der Waals surface area contributed by atoms with E-state index in [9.17, 15) is 0 Å². The topological polar surface area (TPSA) is 69.3 Å². The lowest BCUT2D eigenvalue weighted by atomic mass is 10.2. The molecule has 0 saturated carbocycles. The van der Waals surface area contributed by atoms with Crippen LogP contribution in [-0.4, -0.2) is 50.3 Å². The summed E-state index contributed by atoms with van der Waals surface area (Å²) < 4.78 is 16.9. The van der Waals surface area contributed by atoms with Gasteiger partial charge in [0.05, 0.1) is 19.8 Å². The number of hydrogen-bond acceptors (Lipinski definition) is 4. The van der Waals surface area contributed by atoms with Gasteiger partial charge in [-0.3, -0.25) is 4.99 Å². The number of morpholine rings is 1. The van der Waals surface area contributed by atoms with Gasteiger partial charge in [-0.2, -0.15) is 0 Å². The molecule has 7 heteroatoms. The first-order valence-electron chi connectivity index (χ1n) is 9.83. The third-order valence-corrected chi connectivity index (χ3v) is 4.50. The van der Waals surface area contributed by atoms with Crippen LogP contribution >= 0.6 is 24.0 Å². The highest BCUT2D eigenvalue weighted by atomic mass is 127. The van der Waals surface area contributed by atoms with Crippen LogP contribution < -0.4 is 15.2 Å². The normalized spacial score (nSPS) is 14.2. The predicted molar refractivity (Wildman–Crippen MR) is 126 cm³/mol. The molecule has 1 saturated heterocycles. The number of unbranched alkanes of at least 4 members (excludes halogenated alkanes) is 1. The van der Waals surface area contributed by atoms with Crippen molar-refractivity contribution in [2.24, 2.45) is 10.7 Å². The number of nitrogens with two attached hydrogens (primary N) is 1. The molecule has 0 aromatic heterocycles. The summed E-state index contributed by atoms with van der Waals surface area (Å²) in [5.41, 5.74) is 7.16. The lowest BCUT2D eigenvalue weighted by Crippen LogP contribution is -2.44. The van der Waals surface area contributed by atoms with Gasteiger partial charge in [0.15, 0.2) is 5.96 Å². The van der Waals surface area contributed by atoms with E-state index in [1.807, 2.05) is 42.5 Å². The second kappa shape index (κ2) is 13.3. The second-order valence-electron chi connectivity index (χ2n) is 6.64. The van der Waals surface area contributed by atoms with Crippen LogP contribution in [0.2, 0.25) is 0 Å². The molecule has 158 valence electrons. The van der Waals surface area contributed by atoms with Crippen molar-refractivity contribution in [3.63, 3.8) is 0 Å². The molecule has 1 heterocycles. The van der Waals surface area contributed by atoms with Gasteiger partial charge in [0.2, 0.25) is 0 Å². The van der Waals surface area contributed by atoms with Crippen LogP contribution in [0, 0.1) is 0 Å². The molecule has 0 aliphatic carbocycles. The third-order valence-electron chi connectivity index (χ3n) is 4.50. The molecule has 0 unspecified atom stereocenters. The molecule has 0 amide bonds. The molecule has 1 aliphatic rings. The maximum absolute atomic E-state index is 6.01. The van der Waals surface area contributed by atoms with Crippen molar-refractivity contribution in [1.29, 1.82) is 0 Å². The molecular formula is C22H30IN3O3. The van der Waals surface area contributed by atoms with Crippen LogP contribution in [0.3, 0.4) is 0 Å². The molecule has 2 aromatic rings. The fraction of sp³-hybridized carbons (Fsp3) is 0.409. The van der Waals surface area contributed by atoms with Crippen LogP contribution in [0.25, 0.3) is 0 Å². The zero-order chi connectivity index (χ0) is 19.4. The number of hydrogen-bond donors (Lipinski definition) is 1. The molecule has 29 heavy (non-hydrogen) atoms. The first-order chi connectivity index (χ1) is 13.8. The summed E-state index contributed by atoms with van der Waals surface area (Å²) in [5, 5.41) is 0. The minimum Gasteiger partial charge on any atom is -0.494 e. The van der Waals surface area contributed by atoms with Crippen molar-refractivity contribution < 1.29 is 14.2 Å². The fourth-order valence-corrected chi connectivity index (χ4v) is 2.86. The first kappa shape index (κ1) is 23.3. The number of aliphatic imine (C=N–C) groups is 1. The molecule has 3 rings (SSSR count). The van der Waals surface area contributed by atoms with Crippen molar-refractivity contribution in [3.8, 4) is 11.5 Å². The van der Waals surface area contributed by atoms with Crippen molar-refractivity contribution in [2.45, 2.75) is 19.4 Å². The van der Waals surface area contributed by atoms with E-state index in [1.54, 1.807) is 0 Å². The van der Waals surface area contributed by atoms with Crippen LogP contribution in [0.15, 0.2) is 59.6 Å². The zero-order valence-corrected chi connectivity index (χ0v) is 19.0. The number of rotatable bonds is 9. The Balaban J connectivity index is 0.00000300. The Bertz CT molecular complexity index is 720. The van der Waals surface area contributed by atoms with E-state index in [4.69, 9.17) is 19.9 Å². The largest absolute Gasteiger partial charge is 0.494 e. The van der Waals surface area contributed by atoms with Gasteiger partial charge in [-0.15, -0.1) is 24.0 Å². The van der Waals surface area contributed by atoms with Crippen molar-refractivity contribution in [1.82, 2.24) is 4.90 Å². The van der Waals surface area contributed by atoms with Crippen molar-refractivity contribution in [3.05, 3.63) is 60.2 Å². The summed E-state index contributed by atoms with van der Waals surface area (Å²) in [4.78, 5) is 6.51. The van der Waals surface area contributed by atoms with E-state index >= 15 is 0 Å². The fourth-order valence-electron chi connectivity index (χ4n) is 2.86. The summed E-state index contributed by atoms with van der Waals surface area (Å²) in [6, 6.07) is 17.9. The maximum atomic E-state index is 6.01. The number of halogens is 1. The Kier molecular flexibility index (Phi) is 10.6. The Labute approximate surface area is 190 Å². The summed E-state index contributed by atoms with van der Waals surface area (Å²) in [6.07, 6.45) is 1.88. The van der Waals surface area contributed by atoms with Gasteiger partial charge in [-0.25, -0.2) is 0 Å². The monoisotopic (exact) mass is 511 g/mol. The quantitative estimate of drug-likeness (QED) is 0.241. The Hall–Kier alpha value is -2.00. The molecule has 1 aliphatic heterocycles. The van der Waals surface area contributed by atoms with Gasteiger partial charge in [-0.1, -0.05) is 30.3 Å². The number of guanidine groups is 1. The Morgan fingerprint density at radius 1 is 0.931 bits per heavy atom. The first-order valence-corrected chi connectivity index (χ1v) is 9.83. The summed E-state index contributed by atoms with van der Waals surface area (Å²) in [7, 11) is 0. The van der Waals surface area contributed by atoms with Gasteiger partial charge >= 0.3 is 0 Å². The highest BCUT2D eigenvalue weighted by molar-refractivity contribution is 14.0. The van der Waals surface area contributed by atoms with E-state index in [-0.39, 0.29) is 24.0 Å². The number of nitrogens with zero attached hydrogens (tertiary/aromatic N) is 2. The highest BCUT2D eigenvalue weighted by Gasteiger charge is 2.11. The van der Waals surface area contributed by atoms with Crippen LogP contribution in [0.1, 0.15) is 18.4 Å². The summed E-state index contributed by atoms with van der Waals surface area (Å²) in [6.45, 7) is 5.04. The minimum atomic E-state index is 0. The van der Waals surface area contributed by atoms with Gasteiger partial charge in [-0.05, 0) is 42.7 Å². The van der Waals surface area contributed by atoms with Gasteiger partial charge in [0, 0.05) is 19.6 Å². The van der Waals surface area contributed by atoms with Gasteiger partial charge in [0.1, 0.15) is 18.1 Å². The summed E-state index contributed by atoms with van der Waals surface area (Å²) in [5.74, 6) is 2.31. The maximum Gasteiger partial charge on any atom is 0.191 e. The molecule has 6 nitrogen and oxygen atoms in total. The van der Waals surface area contributed by atoms with Crippen molar-refractivity contribution >= 4 is 29.9 Å². The molecular weight excluding hydrogens is 481 g/mol. The lowest BCUT2D eigenvalue weighted by molar-refractivity contribution is 0.0674. The predicted octanol–water partition coefficient (Wildman–Crippen LogP) is 3.69. The van der Waals surface area contributed by atoms with Crippen LogP contribution in [0.5, 0.6) is 11.5 Å². The molecule has 1 fully saturated rings. The zero-order valence-electron chi connectivity index (χ0n) is 16.7. The average Bonchev–Trinajstić information content (AvgIpc) is 2.76. The number of benzene rings is 2. The SMILES string of the molecule is I.NC(=NCCCCOc1ccc(OCc2ccccc2)cc1)N1CCOCC1. The van der Waals surface area contributed by atoms with Gasteiger partial charge in [0.25, 0.3) is 0 Å². The van der Waals surface area contributed by atoms with E-state index < -0.39 is 0 Å². The third kappa shape index (κ3) is 8.49. The highest BCUT2D eigenvalue weighted by Crippen LogP contribution is 2.19. The lowest BCUT2D eigenvalue weighted by Gasteiger charge is -2.27. The standard InChI is InChI=1S/C22H29N3O3.HI/c23-22(25-13-16-26-17-14-25)24-12-4-5-15-27-20-8-10-21(11-9-20)28-18-19-6-2-1-3-7-19;/h1-3,6-11H,4-5,12-18H2,(H2,23,24);1H. The smallest absolute Gasteiger partial charge is 0.191 e. The van der Waals surface area contributed by atoms with E-state index in [0.29, 0.717) is 19.2 Å². The van der Waals surface area contributed by atoms with E-state index in [0.717, 1.165) is 62.8 Å². The number of ether oxygens (including phenoxy) is 3. The molecule has 0 bridgehead atoms. The van der Waals surface area contributed by atoms with Crippen LogP contribution in [-0.2, 0) is 11.3 Å². The average molecular weight is 511 g/mol. The second-order valence-corrected chi connectivity index (χ2v) is 6.64. The molecule has 0 atom stereocenters. The molecule has 2 aromatic carbocycles. The van der Waals surface area contributed by atoms with Crippen LogP contribution in [0.4, 0.5) is 0 Å². The molecule has 2 N–H and O–H groups in total. The van der Waals surface area contributed by atoms with E-state index in [2.05, 4.69) is 22.0 Å². The van der Waals surface area contributed by atoms with Crippen molar-refractivity contribution in [2.75, 3.05) is 39.5 Å². The summed E-state index contributed by atoms with van der Waals surface area (Å²) >= 11 is 0.